The zero-order chi connectivity index (χ0) is 20.2. The fourth-order valence-corrected chi connectivity index (χ4v) is 3.08. The van der Waals surface area contributed by atoms with Crippen molar-refractivity contribution in [3.63, 3.8) is 0 Å². The number of halogens is 1. The molecule has 2 heterocycles. The first-order valence-corrected chi connectivity index (χ1v) is 9.09. The van der Waals surface area contributed by atoms with Crippen LogP contribution in [0.2, 0.25) is 0 Å². The first-order chi connectivity index (χ1) is 14.2. The van der Waals surface area contributed by atoms with Crippen molar-refractivity contribution in [3.8, 4) is 22.6 Å². The van der Waals surface area contributed by atoms with Crippen LogP contribution >= 0.6 is 0 Å². The highest BCUT2D eigenvalue weighted by Gasteiger charge is 2.15. The number of ether oxygens (including phenoxy) is 1. The van der Waals surface area contributed by atoms with Gasteiger partial charge in [-0.2, -0.15) is 0 Å². The summed E-state index contributed by atoms with van der Waals surface area (Å²) in [5, 5.41) is 18.9. The predicted octanol–water partition coefficient (Wildman–Crippen LogP) is 3.35. The number of nitrogens with zero attached hydrogens (tertiary/aromatic N) is 3. The van der Waals surface area contributed by atoms with Crippen molar-refractivity contribution >= 4 is 11.0 Å². The molecule has 4 rings (SSSR count). The third-order valence-electron chi connectivity index (χ3n) is 4.45. The van der Waals surface area contributed by atoms with Gasteiger partial charge in [-0.15, -0.1) is 5.10 Å². The van der Waals surface area contributed by atoms with Gasteiger partial charge in [0.2, 0.25) is 5.75 Å². The molecule has 0 unspecified atom stereocenters. The highest BCUT2D eigenvalue weighted by Crippen LogP contribution is 2.37. The lowest BCUT2D eigenvalue weighted by Gasteiger charge is -2.11. The van der Waals surface area contributed by atoms with Crippen LogP contribution in [-0.2, 0) is 13.0 Å². The molecule has 7 nitrogen and oxygen atoms in total. The van der Waals surface area contributed by atoms with E-state index in [1.807, 2.05) is 30.3 Å². The fourth-order valence-electron chi connectivity index (χ4n) is 3.08. The molecule has 29 heavy (non-hydrogen) atoms. The average molecular weight is 395 g/mol. The van der Waals surface area contributed by atoms with E-state index in [0.717, 1.165) is 5.56 Å². The Morgan fingerprint density at radius 1 is 1.17 bits per heavy atom. The molecule has 0 aliphatic rings. The van der Waals surface area contributed by atoms with Crippen LogP contribution in [0.25, 0.3) is 22.1 Å². The van der Waals surface area contributed by atoms with E-state index in [2.05, 4.69) is 10.3 Å². The standard InChI is InChI=1S/C21H18FN3O4/c22-9-8-15-13-25(24-23-15)10-11-28-18-7-6-16-17(14-4-2-1-3-5-14)12-19(26)29-21(16)20(18)27/h1-7,12-13,27H,8-11H2. The number of aromatic hydroxyl groups is 1. The van der Waals surface area contributed by atoms with Crippen LogP contribution in [0.3, 0.4) is 0 Å². The molecular weight excluding hydrogens is 377 g/mol. The zero-order valence-electron chi connectivity index (χ0n) is 15.4. The summed E-state index contributed by atoms with van der Waals surface area (Å²) in [7, 11) is 0. The van der Waals surface area contributed by atoms with Crippen molar-refractivity contribution in [2.75, 3.05) is 13.3 Å². The van der Waals surface area contributed by atoms with Gasteiger partial charge in [-0.05, 0) is 23.3 Å². The number of aromatic nitrogens is 3. The van der Waals surface area contributed by atoms with Crippen LogP contribution in [0, 0.1) is 0 Å². The van der Waals surface area contributed by atoms with Gasteiger partial charge in [0.15, 0.2) is 11.3 Å². The fraction of sp³-hybridized carbons (Fsp3) is 0.190. The van der Waals surface area contributed by atoms with Crippen molar-refractivity contribution in [1.82, 2.24) is 15.0 Å². The second-order valence-corrected chi connectivity index (χ2v) is 6.39. The summed E-state index contributed by atoms with van der Waals surface area (Å²) >= 11 is 0. The van der Waals surface area contributed by atoms with Crippen LogP contribution < -0.4 is 10.4 Å². The van der Waals surface area contributed by atoms with E-state index in [9.17, 15) is 14.3 Å². The Hall–Kier alpha value is -3.68. The molecule has 0 radical (unpaired) electrons. The molecule has 2 aromatic carbocycles. The summed E-state index contributed by atoms with van der Waals surface area (Å²) in [6, 6.07) is 14.2. The Morgan fingerprint density at radius 2 is 2.00 bits per heavy atom. The van der Waals surface area contributed by atoms with E-state index in [4.69, 9.17) is 9.15 Å². The van der Waals surface area contributed by atoms with Gasteiger partial charge in [0.1, 0.15) is 6.61 Å². The quantitative estimate of drug-likeness (QED) is 0.483. The highest BCUT2D eigenvalue weighted by molar-refractivity contribution is 5.97. The Bertz CT molecular complexity index is 1190. The minimum absolute atomic E-state index is 0.0693. The molecule has 0 atom stereocenters. The predicted molar refractivity (Wildman–Crippen MR) is 105 cm³/mol. The lowest BCUT2D eigenvalue weighted by molar-refractivity contribution is 0.276. The Balaban J connectivity index is 1.58. The molecule has 0 aliphatic heterocycles. The zero-order valence-corrected chi connectivity index (χ0v) is 15.4. The third-order valence-corrected chi connectivity index (χ3v) is 4.45. The van der Waals surface area contributed by atoms with Crippen molar-refractivity contribution < 1.29 is 18.7 Å². The molecule has 0 aliphatic carbocycles. The molecule has 1 N–H and O–H groups in total. The first kappa shape index (κ1) is 18.7. The van der Waals surface area contributed by atoms with Crippen LogP contribution in [0.15, 0.2) is 63.9 Å². The van der Waals surface area contributed by atoms with E-state index in [0.29, 0.717) is 23.2 Å². The molecule has 148 valence electrons. The molecule has 0 saturated heterocycles. The molecule has 0 saturated carbocycles. The lowest BCUT2D eigenvalue weighted by Crippen LogP contribution is -2.09. The molecular formula is C21H18FN3O4. The summed E-state index contributed by atoms with van der Waals surface area (Å²) in [5.74, 6) is -0.0518. The smallest absolute Gasteiger partial charge is 0.336 e. The van der Waals surface area contributed by atoms with Crippen molar-refractivity contribution in [1.29, 1.82) is 0 Å². The number of rotatable bonds is 7. The molecule has 0 bridgehead atoms. The van der Waals surface area contributed by atoms with Crippen LogP contribution in [0.4, 0.5) is 4.39 Å². The molecule has 0 fully saturated rings. The lowest BCUT2D eigenvalue weighted by atomic mass is 10.0. The largest absolute Gasteiger partial charge is 0.502 e. The van der Waals surface area contributed by atoms with E-state index >= 15 is 0 Å². The number of phenols is 1. The highest BCUT2D eigenvalue weighted by atomic mass is 19.1. The molecule has 4 aromatic rings. The SMILES string of the molecule is O=c1cc(-c2ccccc2)c2ccc(OCCn3cc(CCF)nn3)c(O)c2o1. The van der Waals surface area contributed by atoms with Crippen molar-refractivity contribution in [2.24, 2.45) is 0 Å². The molecule has 0 amide bonds. The van der Waals surface area contributed by atoms with Gasteiger partial charge in [0, 0.05) is 24.1 Å². The maximum absolute atomic E-state index is 12.3. The van der Waals surface area contributed by atoms with Gasteiger partial charge in [-0.3, -0.25) is 4.39 Å². The number of benzene rings is 2. The summed E-state index contributed by atoms with van der Waals surface area (Å²) < 4.78 is 24.7. The average Bonchev–Trinajstić information content (AvgIpc) is 3.18. The van der Waals surface area contributed by atoms with Crippen LogP contribution in [-0.4, -0.2) is 33.4 Å². The third kappa shape index (κ3) is 3.96. The minimum atomic E-state index is -0.563. The molecule has 8 heteroatoms. The Morgan fingerprint density at radius 3 is 2.79 bits per heavy atom. The number of hydrogen-bond acceptors (Lipinski definition) is 6. The molecule has 0 spiro atoms. The van der Waals surface area contributed by atoms with Gasteiger partial charge in [-0.25, -0.2) is 9.48 Å². The van der Waals surface area contributed by atoms with Gasteiger partial charge < -0.3 is 14.3 Å². The van der Waals surface area contributed by atoms with E-state index in [1.54, 1.807) is 18.3 Å². The van der Waals surface area contributed by atoms with Gasteiger partial charge in [0.25, 0.3) is 0 Å². The maximum Gasteiger partial charge on any atom is 0.336 e. The number of hydrogen-bond donors (Lipinski definition) is 1. The van der Waals surface area contributed by atoms with E-state index in [-0.39, 0.29) is 30.1 Å². The van der Waals surface area contributed by atoms with Crippen LogP contribution in [0.5, 0.6) is 11.5 Å². The first-order valence-electron chi connectivity index (χ1n) is 9.09. The van der Waals surface area contributed by atoms with Crippen molar-refractivity contribution in [2.45, 2.75) is 13.0 Å². The summed E-state index contributed by atoms with van der Waals surface area (Å²) in [6.07, 6.45) is 1.86. The van der Waals surface area contributed by atoms with Crippen molar-refractivity contribution in [3.05, 3.63) is 70.8 Å². The topological polar surface area (TPSA) is 90.4 Å². The van der Waals surface area contributed by atoms with E-state index in [1.165, 1.54) is 10.7 Å². The van der Waals surface area contributed by atoms with Gasteiger partial charge >= 0.3 is 5.63 Å². The number of phenolic OH excluding ortho intramolecular Hbond substituents is 1. The monoisotopic (exact) mass is 395 g/mol. The number of aryl methyl sites for hydroxylation is 1. The van der Waals surface area contributed by atoms with Crippen LogP contribution in [0.1, 0.15) is 5.69 Å². The summed E-state index contributed by atoms with van der Waals surface area (Å²) in [4.78, 5) is 12.0. The van der Waals surface area contributed by atoms with E-state index < -0.39 is 12.3 Å². The second kappa shape index (κ2) is 8.14. The summed E-state index contributed by atoms with van der Waals surface area (Å²) in [5.41, 5.74) is 1.58. The number of fused-ring (bicyclic) bond motifs is 1. The maximum atomic E-state index is 12.3. The second-order valence-electron chi connectivity index (χ2n) is 6.39. The molecule has 2 aromatic heterocycles. The normalized spacial score (nSPS) is 11.1. The number of alkyl halides is 1. The summed E-state index contributed by atoms with van der Waals surface area (Å²) in [6.45, 7) is 0.0706. The minimum Gasteiger partial charge on any atom is -0.502 e. The Labute approximate surface area is 165 Å². The Kier molecular flexibility index (Phi) is 5.24. The van der Waals surface area contributed by atoms with Gasteiger partial charge in [0.05, 0.1) is 18.9 Å². The van der Waals surface area contributed by atoms with Gasteiger partial charge in [-0.1, -0.05) is 35.5 Å².